The van der Waals surface area contributed by atoms with E-state index in [4.69, 9.17) is 4.74 Å². The zero-order valence-electron chi connectivity index (χ0n) is 17.5. The van der Waals surface area contributed by atoms with Crippen LogP contribution in [0.4, 0.5) is 0 Å². The molecular formula is C27H18BrN3OS. The van der Waals surface area contributed by atoms with Crippen molar-refractivity contribution < 1.29 is 4.74 Å². The number of H-pyrrole nitrogens is 1. The van der Waals surface area contributed by atoms with Gasteiger partial charge in [0.1, 0.15) is 18.4 Å². The molecule has 5 aromatic rings. The molecule has 0 bridgehead atoms. The second kappa shape index (κ2) is 9.53. The van der Waals surface area contributed by atoms with Crippen LogP contribution in [0.5, 0.6) is 5.75 Å². The van der Waals surface area contributed by atoms with Crippen LogP contribution in [0.3, 0.4) is 0 Å². The summed E-state index contributed by atoms with van der Waals surface area (Å²) in [5, 5.41) is 12.7. The van der Waals surface area contributed by atoms with E-state index in [-0.39, 0.29) is 0 Å². The first kappa shape index (κ1) is 21.3. The fraction of sp³-hybridized carbons (Fsp3) is 0.0370. The van der Waals surface area contributed by atoms with Gasteiger partial charge in [-0.3, -0.25) is 0 Å². The van der Waals surface area contributed by atoms with E-state index in [1.165, 1.54) is 22.5 Å². The number of imidazole rings is 1. The Kier molecular flexibility index (Phi) is 6.16. The number of hydrogen-bond acceptors (Lipinski definition) is 4. The summed E-state index contributed by atoms with van der Waals surface area (Å²) in [7, 11) is 0. The fourth-order valence-electron chi connectivity index (χ4n) is 3.62. The third-order valence-corrected chi connectivity index (χ3v) is 6.64. The lowest BCUT2D eigenvalue weighted by Gasteiger charge is -2.11. The number of nitrogens with zero attached hydrogens (tertiary/aromatic N) is 2. The van der Waals surface area contributed by atoms with E-state index in [1.807, 2.05) is 66.7 Å². The predicted octanol–water partition coefficient (Wildman–Crippen LogP) is 7.71. The molecule has 4 aromatic carbocycles. The summed E-state index contributed by atoms with van der Waals surface area (Å²) in [6.45, 7) is 0.473. The smallest absolute Gasteiger partial charge is 0.171 e. The number of nitriles is 1. The molecule has 1 aromatic heterocycles. The van der Waals surface area contributed by atoms with Gasteiger partial charge >= 0.3 is 0 Å². The van der Waals surface area contributed by atoms with Crippen molar-refractivity contribution in [3.63, 3.8) is 0 Å². The van der Waals surface area contributed by atoms with Crippen molar-refractivity contribution >= 4 is 55.6 Å². The number of benzene rings is 4. The Hall–Kier alpha value is -3.53. The first-order chi connectivity index (χ1) is 16.2. The molecule has 0 unspecified atom stereocenters. The number of allylic oxidation sites excluding steroid dienone is 1. The van der Waals surface area contributed by atoms with E-state index in [0.717, 1.165) is 32.4 Å². The number of rotatable bonds is 6. The molecule has 1 N–H and O–H groups in total. The molecule has 33 heavy (non-hydrogen) atoms. The van der Waals surface area contributed by atoms with E-state index in [9.17, 15) is 5.26 Å². The number of thioether (sulfide) groups is 1. The Balaban J connectivity index is 1.32. The Morgan fingerprint density at radius 1 is 1.03 bits per heavy atom. The molecule has 0 amide bonds. The molecule has 0 atom stereocenters. The molecule has 6 heteroatoms. The minimum atomic E-state index is 0.473. The number of ether oxygens (including phenoxy) is 1. The van der Waals surface area contributed by atoms with Crippen LogP contribution in [0.2, 0.25) is 0 Å². The molecule has 0 saturated heterocycles. The molecule has 0 radical (unpaired) electrons. The highest BCUT2D eigenvalue weighted by atomic mass is 79.9. The number of para-hydroxylation sites is 2. The Bertz CT molecular complexity index is 1500. The molecule has 0 aliphatic heterocycles. The van der Waals surface area contributed by atoms with Crippen molar-refractivity contribution in [3.05, 3.63) is 105 Å². The maximum absolute atomic E-state index is 9.63. The fourth-order valence-corrected chi connectivity index (χ4v) is 4.88. The van der Waals surface area contributed by atoms with Gasteiger partial charge in [-0.25, -0.2) is 4.98 Å². The highest BCUT2D eigenvalue weighted by molar-refractivity contribution is 9.10. The van der Waals surface area contributed by atoms with Crippen LogP contribution >= 0.6 is 27.7 Å². The third kappa shape index (κ3) is 4.80. The van der Waals surface area contributed by atoms with E-state index in [0.29, 0.717) is 16.7 Å². The first-order valence-corrected chi connectivity index (χ1v) is 11.9. The number of halogens is 1. The van der Waals surface area contributed by atoms with Gasteiger partial charge in [-0.15, -0.1) is 0 Å². The Morgan fingerprint density at radius 3 is 2.70 bits per heavy atom. The molecule has 0 saturated carbocycles. The zero-order valence-corrected chi connectivity index (χ0v) is 19.9. The molecule has 0 aliphatic carbocycles. The van der Waals surface area contributed by atoms with Gasteiger partial charge in [-0.2, -0.15) is 5.26 Å². The van der Waals surface area contributed by atoms with Crippen LogP contribution in [0.25, 0.3) is 27.9 Å². The van der Waals surface area contributed by atoms with Gasteiger partial charge in [0.25, 0.3) is 0 Å². The number of hydrogen-bond donors (Lipinski definition) is 1. The summed E-state index contributed by atoms with van der Waals surface area (Å²) < 4.78 is 6.93. The SMILES string of the molecule is N#C/C(=C\c1ccc(OCc2cccc3ccccc23)c(Br)c1)Sc1nc2ccccc2[nH]1. The molecular weight excluding hydrogens is 494 g/mol. The standard InChI is InChI=1S/C27H18BrN3OS/c28-23-15-18(14-21(16-29)33-27-30-24-10-3-4-11-25(24)31-27)12-13-26(23)32-17-20-8-5-7-19-6-1-2-9-22(19)20/h1-15H,17H2,(H,30,31)/b21-14+. The van der Waals surface area contributed by atoms with Crippen molar-refractivity contribution in [2.75, 3.05) is 0 Å². The summed E-state index contributed by atoms with van der Waals surface area (Å²) in [6, 6.07) is 30.4. The lowest BCUT2D eigenvalue weighted by Crippen LogP contribution is -1.97. The first-order valence-electron chi connectivity index (χ1n) is 10.3. The maximum atomic E-state index is 9.63. The lowest BCUT2D eigenvalue weighted by molar-refractivity contribution is 0.305. The Labute approximate surface area is 204 Å². The minimum Gasteiger partial charge on any atom is -0.488 e. The summed E-state index contributed by atoms with van der Waals surface area (Å²) in [5.41, 5.74) is 3.87. The van der Waals surface area contributed by atoms with E-state index in [1.54, 1.807) is 0 Å². The molecule has 5 rings (SSSR count). The van der Waals surface area contributed by atoms with Crippen LogP contribution in [0.15, 0.2) is 99.5 Å². The van der Waals surface area contributed by atoms with E-state index < -0.39 is 0 Å². The predicted molar refractivity (Wildman–Crippen MR) is 138 cm³/mol. The molecule has 0 spiro atoms. The van der Waals surface area contributed by atoms with Crippen LogP contribution < -0.4 is 4.74 Å². The largest absolute Gasteiger partial charge is 0.488 e. The zero-order chi connectivity index (χ0) is 22.6. The summed E-state index contributed by atoms with van der Waals surface area (Å²) >= 11 is 4.92. The summed E-state index contributed by atoms with van der Waals surface area (Å²) in [6.07, 6.45) is 1.84. The number of aromatic nitrogens is 2. The molecule has 160 valence electrons. The Morgan fingerprint density at radius 2 is 1.85 bits per heavy atom. The van der Waals surface area contributed by atoms with Crippen LogP contribution in [-0.4, -0.2) is 9.97 Å². The maximum Gasteiger partial charge on any atom is 0.171 e. The molecule has 0 aliphatic rings. The third-order valence-electron chi connectivity index (χ3n) is 5.20. The van der Waals surface area contributed by atoms with Gasteiger partial charge in [-0.05, 0) is 79.9 Å². The second-order valence-corrected chi connectivity index (χ2v) is 9.28. The lowest BCUT2D eigenvalue weighted by atomic mass is 10.1. The van der Waals surface area contributed by atoms with Gasteiger partial charge < -0.3 is 9.72 Å². The van der Waals surface area contributed by atoms with E-state index in [2.05, 4.69) is 56.2 Å². The van der Waals surface area contributed by atoms with Gasteiger partial charge in [0, 0.05) is 0 Å². The van der Waals surface area contributed by atoms with E-state index >= 15 is 0 Å². The highest BCUT2D eigenvalue weighted by Gasteiger charge is 2.09. The molecule has 4 nitrogen and oxygen atoms in total. The van der Waals surface area contributed by atoms with Crippen LogP contribution in [-0.2, 0) is 6.61 Å². The van der Waals surface area contributed by atoms with Crippen molar-refractivity contribution in [1.29, 1.82) is 5.26 Å². The van der Waals surface area contributed by atoms with Gasteiger partial charge in [0.05, 0.1) is 20.4 Å². The molecule has 1 heterocycles. The summed E-state index contributed by atoms with van der Waals surface area (Å²) in [4.78, 5) is 8.32. The normalized spacial score (nSPS) is 11.6. The minimum absolute atomic E-state index is 0.473. The number of aromatic amines is 1. The van der Waals surface area contributed by atoms with Gasteiger partial charge in [-0.1, -0.05) is 60.7 Å². The quantitative estimate of drug-likeness (QED) is 0.187. The number of nitrogens with one attached hydrogen (secondary N) is 1. The van der Waals surface area contributed by atoms with Crippen molar-refractivity contribution in [1.82, 2.24) is 9.97 Å². The van der Waals surface area contributed by atoms with Gasteiger partial charge in [0.2, 0.25) is 0 Å². The average molecular weight is 512 g/mol. The van der Waals surface area contributed by atoms with Crippen LogP contribution in [0.1, 0.15) is 11.1 Å². The topological polar surface area (TPSA) is 61.7 Å². The second-order valence-electron chi connectivity index (χ2n) is 7.40. The van der Waals surface area contributed by atoms with Crippen molar-refractivity contribution in [2.24, 2.45) is 0 Å². The molecule has 0 fully saturated rings. The summed E-state index contributed by atoms with van der Waals surface area (Å²) in [5.74, 6) is 0.753. The van der Waals surface area contributed by atoms with Gasteiger partial charge in [0.15, 0.2) is 5.16 Å². The van der Waals surface area contributed by atoms with Crippen molar-refractivity contribution in [2.45, 2.75) is 11.8 Å². The van der Waals surface area contributed by atoms with Crippen LogP contribution in [0, 0.1) is 11.3 Å². The highest BCUT2D eigenvalue weighted by Crippen LogP contribution is 2.31. The average Bonchev–Trinajstić information content (AvgIpc) is 3.25. The van der Waals surface area contributed by atoms with Crippen molar-refractivity contribution in [3.8, 4) is 11.8 Å². The number of fused-ring (bicyclic) bond motifs is 2. The monoisotopic (exact) mass is 511 g/mol.